The molecule has 2 rings (SSSR count). The lowest BCUT2D eigenvalue weighted by Gasteiger charge is -2.23. The van der Waals surface area contributed by atoms with Crippen molar-refractivity contribution in [2.24, 2.45) is 0 Å². The van der Waals surface area contributed by atoms with Crippen molar-refractivity contribution in [3.05, 3.63) is 17.2 Å². The van der Waals surface area contributed by atoms with Gasteiger partial charge in [-0.3, -0.25) is 0 Å². The molecule has 0 amide bonds. The Bertz CT molecular complexity index is 438. The zero-order valence-electron chi connectivity index (χ0n) is 8.02. The summed E-state index contributed by atoms with van der Waals surface area (Å²) in [5.74, 6) is -2.01. The lowest BCUT2D eigenvalue weighted by atomic mass is 9.97. The van der Waals surface area contributed by atoms with Crippen LogP contribution in [0.3, 0.4) is 0 Å². The summed E-state index contributed by atoms with van der Waals surface area (Å²) < 4.78 is 4.88. The Morgan fingerprint density at radius 2 is 2.00 bits per heavy atom. The monoisotopic (exact) mass is 210 g/mol. The highest BCUT2D eigenvalue weighted by Gasteiger charge is 2.30. The normalized spacial score (nSPS) is 19.5. The molecule has 80 valence electrons. The maximum absolute atomic E-state index is 11.4. The number of phenols is 3. The second-order valence-corrected chi connectivity index (χ2v) is 3.54. The molecular weight excluding hydrogens is 200 g/mol. The van der Waals surface area contributed by atoms with E-state index in [-0.39, 0.29) is 17.4 Å². The number of cyclic esters (lactones) is 1. The molecule has 0 radical (unpaired) electrons. The quantitative estimate of drug-likeness (QED) is 0.336. The number of hydrogen-bond acceptors (Lipinski definition) is 5. The van der Waals surface area contributed by atoms with Crippen LogP contribution in [0, 0.1) is 0 Å². The number of hydrogen-bond donors (Lipinski definition) is 3. The van der Waals surface area contributed by atoms with Gasteiger partial charge in [0.15, 0.2) is 11.5 Å². The van der Waals surface area contributed by atoms with Gasteiger partial charge >= 0.3 is 5.97 Å². The van der Waals surface area contributed by atoms with Crippen LogP contribution in [0.2, 0.25) is 0 Å². The molecule has 0 aliphatic carbocycles. The van der Waals surface area contributed by atoms with Crippen LogP contribution in [0.5, 0.6) is 17.2 Å². The fourth-order valence-electron chi connectivity index (χ4n) is 1.68. The number of ether oxygens (including phenoxy) is 1. The highest BCUT2D eigenvalue weighted by molar-refractivity contribution is 5.97. The molecule has 5 heteroatoms. The number of aromatic hydroxyl groups is 3. The van der Waals surface area contributed by atoms with Gasteiger partial charge in [0, 0.05) is 18.1 Å². The Balaban J connectivity index is 2.69. The van der Waals surface area contributed by atoms with Crippen LogP contribution in [-0.4, -0.2) is 27.4 Å². The number of fused-ring (bicyclic) bond motifs is 1. The Kier molecular flexibility index (Phi) is 1.96. The van der Waals surface area contributed by atoms with E-state index in [0.717, 1.165) is 6.07 Å². The largest absolute Gasteiger partial charge is 0.507 e. The lowest BCUT2D eigenvalue weighted by molar-refractivity contribution is 0.0293. The molecule has 1 atom stereocenters. The van der Waals surface area contributed by atoms with Crippen molar-refractivity contribution in [1.82, 2.24) is 0 Å². The van der Waals surface area contributed by atoms with Crippen LogP contribution < -0.4 is 0 Å². The van der Waals surface area contributed by atoms with E-state index in [1.54, 1.807) is 6.92 Å². The highest BCUT2D eigenvalue weighted by Crippen LogP contribution is 2.40. The van der Waals surface area contributed by atoms with Gasteiger partial charge in [0.1, 0.15) is 17.4 Å². The van der Waals surface area contributed by atoms with Crippen LogP contribution in [0.1, 0.15) is 22.8 Å². The summed E-state index contributed by atoms with van der Waals surface area (Å²) in [6, 6.07) is 1.01. The van der Waals surface area contributed by atoms with E-state index in [0.29, 0.717) is 12.0 Å². The lowest BCUT2D eigenvalue weighted by Crippen LogP contribution is -2.25. The van der Waals surface area contributed by atoms with Gasteiger partial charge in [-0.15, -0.1) is 0 Å². The van der Waals surface area contributed by atoms with Gasteiger partial charge in [-0.05, 0) is 6.92 Å². The summed E-state index contributed by atoms with van der Waals surface area (Å²) in [5.41, 5.74) is 0.166. The summed E-state index contributed by atoms with van der Waals surface area (Å²) >= 11 is 0. The van der Waals surface area contributed by atoms with E-state index < -0.39 is 17.5 Å². The molecule has 0 fully saturated rings. The molecule has 0 bridgehead atoms. The molecule has 0 unspecified atom stereocenters. The number of esters is 1. The fourth-order valence-corrected chi connectivity index (χ4v) is 1.68. The molecule has 1 heterocycles. The van der Waals surface area contributed by atoms with Crippen LogP contribution >= 0.6 is 0 Å². The van der Waals surface area contributed by atoms with Crippen LogP contribution in [0.4, 0.5) is 0 Å². The molecular formula is C10H10O5. The number of phenolic OH excluding ortho intramolecular Hbond substituents is 3. The molecule has 3 N–H and O–H groups in total. The Morgan fingerprint density at radius 1 is 1.33 bits per heavy atom. The summed E-state index contributed by atoms with van der Waals surface area (Å²) in [6.07, 6.45) is -0.0272. The predicted octanol–water partition coefficient (Wildman–Crippen LogP) is 0.905. The van der Waals surface area contributed by atoms with Crippen molar-refractivity contribution in [1.29, 1.82) is 0 Å². The SMILES string of the molecule is C[C@H]1Cc2c(O)cc(O)c(O)c2C(=O)O1. The third-order valence-corrected chi connectivity index (χ3v) is 2.37. The summed E-state index contributed by atoms with van der Waals surface area (Å²) in [5, 5.41) is 28.2. The molecule has 1 aromatic rings. The van der Waals surface area contributed by atoms with Gasteiger partial charge in [-0.25, -0.2) is 4.79 Å². The van der Waals surface area contributed by atoms with Crippen molar-refractivity contribution in [3.8, 4) is 17.2 Å². The van der Waals surface area contributed by atoms with Crippen LogP contribution in [0.25, 0.3) is 0 Å². The van der Waals surface area contributed by atoms with Crippen molar-refractivity contribution in [2.45, 2.75) is 19.4 Å². The maximum atomic E-state index is 11.4. The predicted molar refractivity (Wildman–Crippen MR) is 50.0 cm³/mol. The first kappa shape index (κ1) is 9.64. The van der Waals surface area contributed by atoms with Gasteiger partial charge in [-0.1, -0.05) is 0 Å². The number of benzene rings is 1. The third-order valence-electron chi connectivity index (χ3n) is 2.37. The molecule has 0 saturated heterocycles. The minimum atomic E-state index is -0.729. The standard InChI is InChI=1S/C10H10O5/c1-4-2-5-6(11)3-7(12)9(13)8(5)10(14)15-4/h3-4,11-13H,2H2,1H3/t4-/m0/s1. The maximum Gasteiger partial charge on any atom is 0.342 e. The Hall–Kier alpha value is -1.91. The topological polar surface area (TPSA) is 87.0 Å². The molecule has 0 saturated carbocycles. The van der Waals surface area contributed by atoms with Crippen molar-refractivity contribution < 1.29 is 24.9 Å². The van der Waals surface area contributed by atoms with E-state index in [9.17, 15) is 20.1 Å². The molecule has 0 spiro atoms. The molecule has 1 aromatic carbocycles. The molecule has 5 nitrogen and oxygen atoms in total. The van der Waals surface area contributed by atoms with Gasteiger partial charge in [0.25, 0.3) is 0 Å². The second-order valence-electron chi connectivity index (χ2n) is 3.54. The van der Waals surface area contributed by atoms with Crippen LogP contribution in [-0.2, 0) is 11.2 Å². The Morgan fingerprint density at radius 3 is 2.67 bits per heavy atom. The van der Waals surface area contributed by atoms with E-state index in [4.69, 9.17) is 4.74 Å². The van der Waals surface area contributed by atoms with Gasteiger partial charge in [0.05, 0.1) is 0 Å². The first-order valence-corrected chi connectivity index (χ1v) is 4.48. The van der Waals surface area contributed by atoms with E-state index in [1.165, 1.54) is 0 Å². The highest BCUT2D eigenvalue weighted by atomic mass is 16.5. The zero-order chi connectivity index (χ0) is 11.2. The zero-order valence-corrected chi connectivity index (χ0v) is 8.02. The second kappa shape index (κ2) is 3.05. The van der Waals surface area contributed by atoms with Gasteiger partial charge < -0.3 is 20.1 Å². The molecule has 15 heavy (non-hydrogen) atoms. The van der Waals surface area contributed by atoms with Crippen molar-refractivity contribution in [3.63, 3.8) is 0 Å². The number of carbonyl (C=O) groups excluding carboxylic acids is 1. The summed E-state index contributed by atoms with van der Waals surface area (Å²) in [4.78, 5) is 11.4. The van der Waals surface area contributed by atoms with Crippen LogP contribution in [0.15, 0.2) is 6.07 Å². The van der Waals surface area contributed by atoms with Gasteiger partial charge in [-0.2, -0.15) is 0 Å². The minimum absolute atomic E-state index is 0.148. The van der Waals surface area contributed by atoms with E-state index in [2.05, 4.69) is 0 Å². The number of carbonyl (C=O) groups is 1. The Labute approximate surface area is 85.5 Å². The first-order valence-electron chi connectivity index (χ1n) is 4.48. The average molecular weight is 210 g/mol. The number of rotatable bonds is 0. The fraction of sp³-hybridized carbons (Fsp3) is 0.300. The molecule has 0 aromatic heterocycles. The summed E-state index contributed by atoms with van der Waals surface area (Å²) in [6.45, 7) is 1.68. The third kappa shape index (κ3) is 1.36. The average Bonchev–Trinajstić information content (AvgIpc) is 2.13. The van der Waals surface area contributed by atoms with Crippen molar-refractivity contribution >= 4 is 5.97 Å². The summed E-state index contributed by atoms with van der Waals surface area (Å²) in [7, 11) is 0. The van der Waals surface area contributed by atoms with E-state index >= 15 is 0 Å². The minimum Gasteiger partial charge on any atom is -0.507 e. The van der Waals surface area contributed by atoms with E-state index in [1.807, 2.05) is 0 Å². The molecule has 1 aliphatic heterocycles. The van der Waals surface area contributed by atoms with Crippen molar-refractivity contribution in [2.75, 3.05) is 0 Å². The first-order chi connectivity index (χ1) is 7.00. The smallest absolute Gasteiger partial charge is 0.342 e. The van der Waals surface area contributed by atoms with Gasteiger partial charge in [0.2, 0.25) is 0 Å². The molecule has 1 aliphatic rings.